The van der Waals surface area contributed by atoms with Crippen LogP contribution in [-0.2, 0) is 12.0 Å². The molecular formula is C17H31N3S. The highest BCUT2D eigenvalue weighted by Crippen LogP contribution is 2.36. The van der Waals surface area contributed by atoms with Gasteiger partial charge in [0.2, 0.25) is 0 Å². The zero-order valence-corrected chi connectivity index (χ0v) is 15.5. The van der Waals surface area contributed by atoms with Crippen LogP contribution >= 0.6 is 11.3 Å². The molecule has 0 aromatic carbocycles. The molecule has 1 aliphatic heterocycles. The summed E-state index contributed by atoms with van der Waals surface area (Å²) < 4.78 is 0. The van der Waals surface area contributed by atoms with Gasteiger partial charge in [0.1, 0.15) is 0 Å². The predicted octanol–water partition coefficient (Wildman–Crippen LogP) is 4.32. The SMILES string of the molecule is CC1CCCN1c1nc(C(C)(C)C)c(CNC(C)(C)C)s1. The van der Waals surface area contributed by atoms with E-state index in [1.54, 1.807) is 0 Å². The molecular weight excluding hydrogens is 278 g/mol. The number of rotatable bonds is 3. The number of aromatic nitrogens is 1. The highest BCUT2D eigenvalue weighted by Gasteiger charge is 2.29. The minimum Gasteiger partial charge on any atom is -0.345 e. The standard InChI is InChI=1S/C17H31N3S/c1-12-9-8-10-20(12)15-19-14(16(2,3)4)13(21-15)11-18-17(5,6)7/h12,18H,8-11H2,1-7H3. The predicted molar refractivity (Wildman–Crippen MR) is 93.4 cm³/mol. The van der Waals surface area contributed by atoms with E-state index in [0.717, 1.165) is 13.1 Å². The Bertz CT molecular complexity index is 479. The summed E-state index contributed by atoms with van der Waals surface area (Å²) in [7, 11) is 0. The molecule has 1 saturated heterocycles. The molecule has 1 aromatic rings. The van der Waals surface area contributed by atoms with Gasteiger partial charge in [0.25, 0.3) is 0 Å². The molecule has 0 spiro atoms. The quantitative estimate of drug-likeness (QED) is 0.901. The highest BCUT2D eigenvalue weighted by atomic mass is 32.1. The summed E-state index contributed by atoms with van der Waals surface area (Å²) in [5.74, 6) is 0. The van der Waals surface area contributed by atoms with Crippen molar-refractivity contribution in [1.29, 1.82) is 0 Å². The van der Waals surface area contributed by atoms with Gasteiger partial charge in [0.05, 0.1) is 5.69 Å². The molecule has 4 heteroatoms. The van der Waals surface area contributed by atoms with Crippen LogP contribution in [0.2, 0.25) is 0 Å². The number of nitrogens with one attached hydrogen (secondary N) is 1. The summed E-state index contributed by atoms with van der Waals surface area (Å²) in [5, 5.41) is 4.84. The first-order chi connectivity index (χ1) is 9.58. The maximum absolute atomic E-state index is 5.02. The Labute approximate surface area is 134 Å². The van der Waals surface area contributed by atoms with Crippen molar-refractivity contribution in [3.05, 3.63) is 10.6 Å². The van der Waals surface area contributed by atoms with Gasteiger partial charge in [0, 0.05) is 35.0 Å². The van der Waals surface area contributed by atoms with Crippen molar-refractivity contribution in [3.63, 3.8) is 0 Å². The smallest absolute Gasteiger partial charge is 0.186 e. The van der Waals surface area contributed by atoms with Gasteiger partial charge in [-0.1, -0.05) is 20.8 Å². The molecule has 0 saturated carbocycles. The second-order valence-corrected chi connectivity index (χ2v) is 9.37. The second kappa shape index (κ2) is 5.88. The Balaban J connectivity index is 2.27. The first kappa shape index (κ1) is 16.8. The lowest BCUT2D eigenvalue weighted by molar-refractivity contribution is 0.422. The fraction of sp³-hybridized carbons (Fsp3) is 0.824. The zero-order valence-electron chi connectivity index (χ0n) is 14.7. The van der Waals surface area contributed by atoms with Crippen molar-refractivity contribution in [2.75, 3.05) is 11.4 Å². The van der Waals surface area contributed by atoms with Gasteiger partial charge in [-0.05, 0) is 40.5 Å². The molecule has 3 nitrogen and oxygen atoms in total. The number of nitrogens with zero attached hydrogens (tertiary/aromatic N) is 2. The van der Waals surface area contributed by atoms with Crippen molar-refractivity contribution in [2.45, 2.75) is 84.8 Å². The summed E-state index contributed by atoms with van der Waals surface area (Å²) in [6.45, 7) is 17.8. The van der Waals surface area contributed by atoms with E-state index in [4.69, 9.17) is 4.98 Å². The maximum Gasteiger partial charge on any atom is 0.186 e. The average Bonchev–Trinajstić information content (AvgIpc) is 2.90. The van der Waals surface area contributed by atoms with Crippen molar-refractivity contribution >= 4 is 16.5 Å². The fourth-order valence-corrected chi connectivity index (χ4v) is 4.07. The molecule has 0 aliphatic carbocycles. The summed E-state index contributed by atoms with van der Waals surface area (Å²) in [5.41, 5.74) is 1.51. The van der Waals surface area contributed by atoms with Gasteiger partial charge in [-0.15, -0.1) is 11.3 Å². The molecule has 2 rings (SSSR count). The van der Waals surface area contributed by atoms with Crippen LogP contribution in [-0.4, -0.2) is 23.1 Å². The van der Waals surface area contributed by atoms with Crippen LogP contribution in [0.15, 0.2) is 0 Å². The monoisotopic (exact) mass is 309 g/mol. The molecule has 1 unspecified atom stereocenters. The van der Waals surface area contributed by atoms with E-state index >= 15 is 0 Å². The molecule has 1 aliphatic rings. The van der Waals surface area contributed by atoms with Crippen LogP contribution in [0.4, 0.5) is 5.13 Å². The van der Waals surface area contributed by atoms with Gasteiger partial charge in [-0.2, -0.15) is 0 Å². The normalized spacial score (nSPS) is 20.3. The average molecular weight is 310 g/mol. The lowest BCUT2D eigenvalue weighted by atomic mass is 9.91. The van der Waals surface area contributed by atoms with Crippen LogP contribution in [0.1, 0.15) is 71.9 Å². The largest absolute Gasteiger partial charge is 0.345 e. The molecule has 21 heavy (non-hydrogen) atoms. The van der Waals surface area contributed by atoms with Crippen molar-refractivity contribution < 1.29 is 0 Å². The minimum atomic E-state index is 0.104. The lowest BCUT2D eigenvalue weighted by Gasteiger charge is -2.22. The number of anilines is 1. The molecule has 1 fully saturated rings. The highest BCUT2D eigenvalue weighted by molar-refractivity contribution is 7.15. The Morgan fingerprint density at radius 1 is 1.24 bits per heavy atom. The molecule has 1 atom stereocenters. The van der Waals surface area contributed by atoms with E-state index in [1.165, 1.54) is 28.5 Å². The van der Waals surface area contributed by atoms with Crippen LogP contribution in [0.25, 0.3) is 0 Å². The van der Waals surface area contributed by atoms with Gasteiger partial charge in [-0.25, -0.2) is 4.98 Å². The Morgan fingerprint density at radius 2 is 1.90 bits per heavy atom. The number of thiazole rings is 1. The topological polar surface area (TPSA) is 28.2 Å². The third kappa shape index (κ3) is 4.19. The summed E-state index contributed by atoms with van der Waals surface area (Å²) >= 11 is 1.88. The third-order valence-electron chi connectivity index (χ3n) is 3.97. The lowest BCUT2D eigenvalue weighted by Crippen LogP contribution is -2.35. The van der Waals surface area contributed by atoms with Crippen LogP contribution < -0.4 is 10.2 Å². The molecule has 1 aromatic heterocycles. The number of hydrogen-bond donors (Lipinski definition) is 1. The summed E-state index contributed by atoms with van der Waals surface area (Å²) in [4.78, 5) is 8.90. The summed E-state index contributed by atoms with van der Waals surface area (Å²) in [6.07, 6.45) is 2.58. The molecule has 0 radical (unpaired) electrons. The Hall–Kier alpha value is -0.610. The van der Waals surface area contributed by atoms with Crippen LogP contribution in [0, 0.1) is 0 Å². The van der Waals surface area contributed by atoms with Crippen LogP contribution in [0.3, 0.4) is 0 Å². The van der Waals surface area contributed by atoms with E-state index in [1.807, 2.05) is 11.3 Å². The molecule has 0 amide bonds. The maximum atomic E-state index is 5.02. The Kier molecular flexibility index (Phi) is 4.69. The van der Waals surface area contributed by atoms with Crippen molar-refractivity contribution in [3.8, 4) is 0 Å². The minimum absolute atomic E-state index is 0.104. The van der Waals surface area contributed by atoms with E-state index in [2.05, 4.69) is 58.7 Å². The molecule has 2 heterocycles. The van der Waals surface area contributed by atoms with Crippen molar-refractivity contribution in [2.24, 2.45) is 0 Å². The molecule has 1 N–H and O–H groups in total. The van der Waals surface area contributed by atoms with E-state index in [9.17, 15) is 0 Å². The fourth-order valence-electron chi connectivity index (χ4n) is 2.73. The zero-order chi connectivity index (χ0) is 15.8. The van der Waals surface area contributed by atoms with E-state index in [0.29, 0.717) is 6.04 Å². The Morgan fingerprint density at radius 3 is 2.38 bits per heavy atom. The van der Waals surface area contributed by atoms with Gasteiger partial charge >= 0.3 is 0 Å². The van der Waals surface area contributed by atoms with E-state index in [-0.39, 0.29) is 11.0 Å². The molecule has 120 valence electrons. The first-order valence-corrected chi connectivity index (χ1v) is 8.91. The van der Waals surface area contributed by atoms with Gasteiger partial charge in [0.15, 0.2) is 5.13 Å². The van der Waals surface area contributed by atoms with Crippen molar-refractivity contribution in [1.82, 2.24) is 10.3 Å². The van der Waals surface area contributed by atoms with Crippen LogP contribution in [0.5, 0.6) is 0 Å². The second-order valence-electron chi connectivity index (χ2n) is 8.31. The summed E-state index contributed by atoms with van der Waals surface area (Å²) in [6, 6.07) is 0.632. The first-order valence-electron chi connectivity index (χ1n) is 8.10. The van der Waals surface area contributed by atoms with Gasteiger partial charge in [-0.3, -0.25) is 0 Å². The van der Waals surface area contributed by atoms with E-state index < -0.39 is 0 Å². The van der Waals surface area contributed by atoms with Gasteiger partial charge < -0.3 is 10.2 Å². The molecule has 0 bridgehead atoms. The third-order valence-corrected chi connectivity index (χ3v) is 5.07. The number of hydrogen-bond acceptors (Lipinski definition) is 4.